The zero-order chi connectivity index (χ0) is 20.7. The van der Waals surface area contributed by atoms with Gasteiger partial charge < -0.3 is 15.0 Å². The Labute approximate surface area is 167 Å². The van der Waals surface area contributed by atoms with Crippen LogP contribution in [0.25, 0.3) is 0 Å². The van der Waals surface area contributed by atoms with Crippen LogP contribution in [0.3, 0.4) is 0 Å². The van der Waals surface area contributed by atoms with Gasteiger partial charge in [0, 0.05) is 23.7 Å². The predicted octanol–water partition coefficient (Wildman–Crippen LogP) is 2.31. The van der Waals surface area contributed by atoms with Crippen LogP contribution in [0.5, 0.6) is 0 Å². The van der Waals surface area contributed by atoms with E-state index >= 15 is 0 Å². The second kappa shape index (κ2) is 9.72. The highest BCUT2D eigenvalue weighted by Gasteiger charge is 2.14. The van der Waals surface area contributed by atoms with Crippen molar-refractivity contribution in [1.29, 1.82) is 5.26 Å². The van der Waals surface area contributed by atoms with Crippen molar-refractivity contribution in [2.24, 2.45) is 0 Å². The first-order valence-corrected chi connectivity index (χ1v) is 8.98. The fourth-order valence-electron chi connectivity index (χ4n) is 2.72. The molecule has 0 spiro atoms. The summed E-state index contributed by atoms with van der Waals surface area (Å²) in [7, 11) is 0. The molecular weight excluding hydrogens is 382 g/mol. The fourth-order valence-corrected chi connectivity index (χ4v) is 2.85. The average molecular weight is 402 g/mol. The molecular formula is C20H20ClN3O4. The first-order chi connectivity index (χ1) is 13.3. The third kappa shape index (κ3) is 5.69. The summed E-state index contributed by atoms with van der Waals surface area (Å²) in [5, 5.41) is 12.3. The molecule has 1 amide bonds. The summed E-state index contributed by atoms with van der Waals surface area (Å²) >= 11 is 5.80. The van der Waals surface area contributed by atoms with Gasteiger partial charge in [0.2, 0.25) is 0 Å². The summed E-state index contributed by atoms with van der Waals surface area (Å²) < 4.78 is 4.98. The van der Waals surface area contributed by atoms with E-state index in [4.69, 9.17) is 21.6 Å². The van der Waals surface area contributed by atoms with Gasteiger partial charge in [0.05, 0.1) is 0 Å². The highest BCUT2D eigenvalue weighted by Crippen LogP contribution is 2.15. The SMILES string of the molecule is Cc1[nH]c(=O)c(C#N)c(C)c1CCC(=O)OCC(=O)NCc1ccc(Cl)cc1. The number of hydrogen-bond acceptors (Lipinski definition) is 5. The number of nitrogens with one attached hydrogen (secondary N) is 2. The second-order valence-electron chi connectivity index (χ2n) is 6.23. The van der Waals surface area contributed by atoms with E-state index in [1.54, 1.807) is 38.1 Å². The Morgan fingerprint density at radius 1 is 1.25 bits per heavy atom. The van der Waals surface area contributed by atoms with Gasteiger partial charge in [-0.3, -0.25) is 14.4 Å². The third-order valence-corrected chi connectivity index (χ3v) is 4.52. The molecule has 7 nitrogen and oxygen atoms in total. The van der Waals surface area contributed by atoms with E-state index in [0.29, 0.717) is 29.2 Å². The third-order valence-electron chi connectivity index (χ3n) is 4.27. The molecule has 0 aliphatic carbocycles. The maximum absolute atomic E-state index is 11.9. The number of halogens is 1. The van der Waals surface area contributed by atoms with E-state index in [1.165, 1.54) is 0 Å². The van der Waals surface area contributed by atoms with Crippen LogP contribution in [0.2, 0.25) is 5.02 Å². The molecule has 1 aromatic heterocycles. The molecule has 0 unspecified atom stereocenters. The van der Waals surface area contributed by atoms with Crippen LogP contribution in [-0.2, 0) is 27.3 Å². The molecule has 2 aromatic rings. The molecule has 0 aliphatic rings. The van der Waals surface area contributed by atoms with E-state index < -0.39 is 17.4 Å². The minimum absolute atomic E-state index is 0.0308. The number of amides is 1. The Kier molecular flexibility index (Phi) is 7.36. The molecule has 1 aromatic carbocycles. The fraction of sp³-hybridized carbons (Fsp3) is 0.300. The zero-order valence-electron chi connectivity index (χ0n) is 15.6. The largest absolute Gasteiger partial charge is 0.456 e. The second-order valence-corrected chi connectivity index (χ2v) is 6.67. The number of nitriles is 1. The molecule has 1 heterocycles. The number of H-pyrrole nitrogens is 1. The van der Waals surface area contributed by atoms with Crippen molar-refractivity contribution in [3.05, 3.63) is 67.6 Å². The van der Waals surface area contributed by atoms with E-state index in [9.17, 15) is 14.4 Å². The maximum atomic E-state index is 11.9. The predicted molar refractivity (Wildman–Crippen MR) is 104 cm³/mol. The number of esters is 1. The molecule has 0 saturated carbocycles. The van der Waals surface area contributed by atoms with Gasteiger partial charge in [-0.05, 0) is 49.1 Å². The van der Waals surface area contributed by atoms with Gasteiger partial charge >= 0.3 is 5.97 Å². The van der Waals surface area contributed by atoms with Crippen LogP contribution < -0.4 is 10.9 Å². The number of rotatable bonds is 7. The van der Waals surface area contributed by atoms with Crippen molar-refractivity contribution in [2.45, 2.75) is 33.2 Å². The average Bonchev–Trinajstić information content (AvgIpc) is 2.65. The number of benzene rings is 1. The number of pyridine rings is 1. The molecule has 0 radical (unpaired) electrons. The summed E-state index contributed by atoms with van der Waals surface area (Å²) in [4.78, 5) is 38.0. The monoisotopic (exact) mass is 401 g/mol. The van der Waals surface area contributed by atoms with Crippen LogP contribution in [-0.4, -0.2) is 23.5 Å². The molecule has 0 aliphatic heterocycles. The lowest BCUT2D eigenvalue weighted by Gasteiger charge is -2.11. The van der Waals surface area contributed by atoms with Crippen LogP contribution in [0.15, 0.2) is 29.1 Å². The number of carbonyl (C=O) groups is 2. The zero-order valence-corrected chi connectivity index (χ0v) is 16.4. The molecule has 28 heavy (non-hydrogen) atoms. The summed E-state index contributed by atoms with van der Waals surface area (Å²) in [6, 6.07) is 8.90. The molecule has 8 heteroatoms. The molecule has 2 rings (SSSR count). The van der Waals surface area contributed by atoms with Gasteiger partial charge in [0.1, 0.15) is 11.6 Å². The molecule has 0 atom stereocenters. The molecule has 0 bridgehead atoms. The normalized spacial score (nSPS) is 10.2. The summed E-state index contributed by atoms with van der Waals surface area (Å²) in [5.74, 6) is -0.948. The van der Waals surface area contributed by atoms with Gasteiger partial charge in [-0.2, -0.15) is 5.26 Å². The van der Waals surface area contributed by atoms with Crippen molar-refractivity contribution < 1.29 is 14.3 Å². The standard InChI is InChI=1S/C20H20ClN3O4/c1-12-16(13(2)24-20(27)17(12)9-22)7-8-19(26)28-11-18(25)23-10-14-3-5-15(21)6-4-14/h3-6H,7-8,10-11H2,1-2H3,(H,23,25)(H,24,27). The van der Waals surface area contributed by atoms with Crippen molar-refractivity contribution >= 4 is 23.5 Å². The van der Waals surface area contributed by atoms with Gasteiger partial charge in [0.25, 0.3) is 11.5 Å². The quantitative estimate of drug-likeness (QED) is 0.691. The maximum Gasteiger partial charge on any atom is 0.306 e. The van der Waals surface area contributed by atoms with Crippen molar-refractivity contribution in [1.82, 2.24) is 10.3 Å². The Morgan fingerprint density at radius 2 is 1.93 bits per heavy atom. The minimum Gasteiger partial charge on any atom is -0.456 e. The number of ether oxygens (including phenoxy) is 1. The Morgan fingerprint density at radius 3 is 2.57 bits per heavy atom. The van der Waals surface area contributed by atoms with E-state index in [0.717, 1.165) is 11.1 Å². The molecule has 2 N–H and O–H groups in total. The summed E-state index contributed by atoms with van der Waals surface area (Å²) in [6.07, 6.45) is 0.331. The smallest absolute Gasteiger partial charge is 0.306 e. The summed E-state index contributed by atoms with van der Waals surface area (Å²) in [5.41, 5.74) is 2.35. The van der Waals surface area contributed by atoms with Gasteiger partial charge in [0.15, 0.2) is 6.61 Å². The van der Waals surface area contributed by atoms with E-state index in [2.05, 4.69) is 10.3 Å². The minimum atomic E-state index is -0.537. The molecule has 0 saturated heterocycles. The van der Waals surface area contributed by atoms with Crippen molar-refractivity contribution in [3.63, 3.8) is 0 Å². The van der Waals surface area contributed by atoms with Crippen LogP contribution >= 0.6 is 11.6 Å². The number of aromatic nitrogens is 1. The number of nitrogens with zero attached hydrogens (tertiary/aromatic N) is 1. The highest BCUT2D eigenvalue weighted by molar-refractivity contribution is 6.30. The van der Waals surface area contributed by atoms with Crippen LogP contribution in [0, 0.1) is 25.2 Å². The summed E-state index contributed by atoms with van der Waals surface area (Å²) in [6.45, 7) is 3.31. The number of carbonyl (C=O) groups excluding carboxylic acids is 2. The number of hydrogen-bond donors (Lipinski definition) is 2. The number of aromatic amines is 1. The molecule has 0 fully saturated rings. The lowest BCUT2D eigenvalue weighted by atomic mass is 9.99. The van der Waals surface area contributed by atoms with Gasteiger partial charge in [-0.1, -0.05) is 23.7 Å². The molecule has 146 valence electrons. The Bertz CT molecular complexity index is 975. The Balaban J connectivity index is 1.81. The Hall–Kier alpha value is -3.11. The van der Waals surface area contributed by atoms with Crippen LogP contribution in [0.1, 0.15) is 34.4 Å². The van der Waals surface area contributed by atoms with Gasteiger partial charge in [-0.25, -0.2) is 0 Å². The lowest BCUT2D eigenvalue weighted by molar-refractivity contribution is -0.148. The topological polar surface area (TPSA) is 112 Å². The lowest BCUT2D eigenvalue weighted by Crippen LogP contribution is -2.28. The first-order valence-electron chi connectivity index (χ1n) is 8.61. The van der Waals surface area contributed by atoms with Crippen molar-refractivity contribution in [2.75, 3.05) is 6.61 Å². The van der Waals surface area contributed by atoms with E-state index in [-0.39, 0.29) is 18.6 Å². The highest BCUT2D eigenvalue weighted by atomic mass is 35.5. The van der Waals surface area contributed by atoms with Gasteiger partial charge in [-0.15, -0.1) is 0 Å². The first kappa shape index (κ1) is 21.2. The number of aryl methyl sites for hydroxylation is 1. The van der Waals surface area contributed by atoms with Crippen molar-refractivity contribution in [3.8, 4) is 6.07 Å². The van der Waals surface area contributed by atoms with Crippen LogP contribution in [0.4, 0.5) is 0 Å². The van der Waals surface area contributed by atoms with E-state index in [1.807, 2.05) is 6.07 Å².